The summed E-state index contributed by atoms with van der Waals surface area (Å²) in [4.78, 5) is 24.3. The van der Waals surface area contributed by atoms with Gasteiger partial charge in [0.1, 0.15) is 6.54 Å². The lowest BCUT2D eigenvalue weighted by Gasteiger charge is -2.19. The van der Waals surface area contributed by atoms with Gasteiger partial charge >= 0.3 is 12.2 Å². The molecule has 0 radical (unpaired) electrons. The van der Waals surface area contributed by atoms with Crippen molar-refractivity contribution in [2.75, 3.05) is 13.1 Å². The number of thiophene rings is 1. The molecule has 28 heavy (non-hydrogen) atoms. The van der Waals surface area contributed by atoms with Gasteiger partial charge in [0.15, 0.2) is 0 Å². The van der Waals surface area contributed by atoms with Gasteiger partial charge in [-0.15, -0.1) is 11.3 Å². The first kappa shape index (κ1) is 21.9. The quantitative estimate of drug-likeness (QED) is 0.644. The minimum Gasteiger partial charge on any atom is -0.329 e. The van der Waals surface area contributed by atoms with Crippen molar-refractivity contribution in [1.29, 1.82) is 0 Å². The fourth-order valence-corrected chi connectivity index (χ4v) is 3.33. The Balaban J connectivity index is 1.98. The molecule has 0 fully saturated rings. The third-order valence-electron chi connectivity index (χ3n) is 3.93. The van der Waals surface area contributed by atoms with Crippen LogP contribution in [0.25, 0.3) is 0 Å². The van der Waals surface area contributed by atoms with Crippen LogP contribution in [0.3, 0.4) is 0 Å². The molecule has 0 saturated carbocycles. The van der Waals surface area contributed by atoms with Crippen LogP contribution < -0.4 is 16.0 Å². The van der Waals surface area contributed by atoms with Crippen molar-refractivity contribution in [3.8, 4) is 0 Å². The lowest BCUT2D eigenvalue weighted by molar-refractivity contribution is -0.124. The second-order valence-corrected chi connectivity index (χ2v) is 7.48. The molecule has 0 saturated heterocycles. The summed E-state index contributed by atoms with van der Waals surface area (Å²) in [6, 6.07) is 10.3. The molecule has 0 spiro atoms. The zero-order valence-electron chi connectivity index (χ0n) is 15.5. The number of amides is 3. The van der Waals surface area contributed by atoms with E-state index in [2.05, 4.69) is 19.2 Å². The van der Waals surface area contributed by atoms with Gasteiger partial charge in [-0.3, -0.25) is 15.4 Å². The monoisotopic (exact) mass is 413 g/mol. The Morgan fingerprint density at radius 1 is 1.07 bits per heavy atom. The van der Waals surface area contributed by atoms with E-state index in [0.29, 0.717) is 5.92 Å². The van der Waals surface area contributed by atoms with Gasteiger partial charge in [-0.1, -0.05) is 44.2 Å². The average molecular weight is 413 g/mol. The Bertz CT molecular complexity index is 775. The molecule has 2 aromatic rings. The van der Waals surface area contributed by atoms with E-state index in [9.17, 15) is 22.8 Å². The third-order valence-corrected chi connectivity index (χ3v) is 4.87. The molecule has 0 bridgehead atoms. The first-order valence-electron chi connectivity index (χ1n) is 8.67. The summed E-state index contributed by atoms with van der Waals surface area (Å²) < 4.78 is 36.3. The second-order valence-electron chi connectivity index (χ2n) is 6.50. The highest BCUT2D eigenvalue weighted by molar-refractivity contribution is 7.10. The Morgan fingerprint density at radius 2 is 1.71 bits per heavy atom. The Kier molecular flexibility index (Phi) is 7.59. The molecule has 2 rings (SSSR count). The number of hydrogen-bond donors (Lipinski definition) is 3. The van der Waals surface area contributed by atoms with Crippen molar-refractivity contribution in [3.63, 3.8) is 0 Å². The number of carbonyl (C=O) groups is 2. The molecule has 1 aromatic heterocycles. The Hall–Kier alpha value is -2.39. The van der Waals surface area contributed by atoms with E-state index < -0.39 is 24.7 Å². The molecule has 1 atom stereocenters. The number of rotatable bonds is 7. The van der Waals surface area contributed by atoms with Gasteiger partial charge in [0.25, 0.3) is 0 Å². The number of hydrogen-bond acceptors (Lipinski definition) is 4. The Labute approximate surface area is 165 Å². The summed E-state index contributed by atoms with van der Waals surface area (Å²) in [5.41, 5.74) is 2.13. The molecular weight excluding hydrogens is 391 g/mol. The number of carbonyl (C=O) groups excluding carboxylic acids is 2. The summed E-state index contributed by atoms with van der Waals surface area (Å²) in [7, 11) is 0. The van der Waals surface area contributed by atoms with Crippen molar-refractivity contribution in [2.45, 2.75) is 32.0 Å². The van der Waals surface area contributed by atoms with Crippen LogP contribution >= 0.6 is 11.3 Å². The summed E-state index contributed by atoms with van der Waals surface area (Å²) in [5.74, 6) is -0.330. The lowest BCUT2D eigenvalue weighted by atomic mass is 9.98. The van der Waals surface area contributed by atoms with Gasteiger partial charge in [-0.05, 0) is 28.5 Å². The SMILES string of the molecule is CC(C)c1ccc([C@@H](NCC(=O)NC(=O)NCC(F)(F)F)c2cccs2)cc1. The van der Waals surface area contributed by atoms with Gasteiger partial charge in [-0.25, -0.2) is 4.79 Å². The number of alkyl halides is 3. The predicted octanol–water partition coefficient (Wildman–Crippen LogP) is 3.94. The van der Waals surface area contributed by atoms with E-state index in [0.717, 1.165) is 10.4 Å². The van der Waals surface area contributed by atoms with E-state index >= 15 is 0 Å². The zero-order valence-corrected chi connectivity index (χ0v) is 16.3. The standard InChI is InChI=1S/C19H22F3N3O2S/c1-12(2)13-5-7-14(8-6-13)17(15-4-3-9-28-15)23-10-16(26)25-18(27)24-11-19(20,21)22/h3-9,12,17,23H,10-11H2,1-2H3,(H2,24,25,26,27)/t17-/m1/s1. The third kappa shape index (κ3) is 6.97. The number of nitrogens with one attached hydrogen (secondary N) is 3. The molecule has 1 heterocycles. The fraction of sp³-hybridized carbons (Fsp3) is 0.368. The molecule has 0 aliphatic heterocycles. The normalized spacial score (nSPS) is 12.6. The van der Waals surface area contributed by atoms with Crippen LogP contribution in [-0.2, 0) is 4.79 Å². The maximum absolute atomic E-state index is 12.1. The number of benzene rings is 1. The van der Waals surface area contributed by atoms with E-state index in [1.54, 1.807) is 5.32 Å². The van der Waals surface area contributed by atoms with Crippen molar-refractivity contribution >= 4 is 23.3 Å². The molecule has 3 amide bonds. The van der Waals surface area contributed by atoms with Gasteiger partial charge in [-0.2, -0.15) is 13.2 Å². The molecule has 152 valence electrons. The van der Waals surface area contributed by atoms with Crippen LogP contribution in [0.2, 0.25) is 0 Å². The van der Waals surface area contributed by atoms with Crippen molar-refractivity contribution in [3.05, 3.63) is 57.8 Å². The molecule has 5 nitrogen and oxygen atoms in total. The maximum atomic E-state index is 12.1. The van der Waals surface area contributed by atoms with Crippen LogP contribution in [-0.4, -0.2) is 31.2 Å². The topological polar surface area (TPSA) is 70.2 Å². The molecule has 9 heteroatoms. The molecule has 0 aliphatic rings. The first-order chi connectivity index (χ1) is 13.2. The minimum atomic E-state index is -4.54. The summed E-state index contributed by atoms with van der Waals surface area (Å²) in [5, 5.41) is 8.45. The highest BCUT2D eigenvalue weighted by Crippen LogP contribution is 2.27. The second kappa shape index (κ2) is 9.70. The van der Waals surface area contributed by atoms with Gasteiger partial charge in [0.2, 0.25) is 5.91 Å². The van der Waals surface area contributed by atoms with Crippen LogP contribution in [0.15, 0.2) is 41.8 Å². The lowest BCUT2D eigenvalue weighted by Crippen LogP contribution is -2.46. The highest BCUT2D eigenvalue weighted by Gasteiger charge is 2.28. The zero-order chi connectivity index (χ0) is 20.7. The van der Waals surface area contributed by atoms with Gasteiger partial charge < -0.3 is 5.32 Å². The minimum absolute atomic E-state index is 0.228. The smallest absolute Gasteiger partial charge is 0.329 e. The number of urea groups is 1. The van der Waals surface area contributed by atoms with Crippen molar-refractivity contribution in [2.24, 2.45) is 0 Å². The van der Waals surface area contributed by atoms with Crippen LogP contribution in [0, 0.1) is 0 Å². The molecule has 0 unspecified atom stereocenters. The van der Waals surface area contributed by atoms with Crippen molar-refractivity contribution in [1.82, 2.24) is 16.0 Å². The molecule has 0 aliphatic carbocycles. The van der Waals surface area contributed by atoms with Gasteiger partial charge in [0.05, 0.1) is 12.6 Å². The van der Waals surface area contributed by atoms with E-state index in [-0.39, 0.29) is 12.6 Å². The largest absolute Gasteiger partial charge is 0.405 e. The fourth-order valence-electron chi connectivity index (χ4n) is 2.50. The van der Waals surface area contributed by atoms with E-state index in [1.807, 2.05) is 47.1 Å². The van der Waals surface area contributed by atoms with E-state index in [4.69, 9.17) is 0 Å². The summed E-state index contributed by atoms with van der Waals surface area (Å²) in [6.45, 7) is 2.46. The molecule has 3 N–H and O–H groups in total. The number of halogens is 3. The Morgan fingerprint density at radius 3 is 2.25 bits per heavy atom. The van der Waals surface area contributed by atoms with Crippen molar-refractivity contribution < 1.29 is 22.8 Å². The van der Waals surface area contributed by atoms with Crippen LogP contribution in [0.5, 0.6) is 0 Å². The first-order valence-corrected chi connectivity index (χ1v) is 9.54. The maximum Gasteiger partial charge on any atom is 0.405 e. The highest BCUT2D eigenvalue weighted by atomic mass is 32.1. The number of imide groups is 1. The predicted molar refractivity (Wildman–Crippen MR) is 102 cm³/mol. The molecule has 1 aromatic carbocycles. The average Bonchev–Trinajstić information content (AvgIpc) is 3.14. The van der Waals surface area contributed by atoms with E-state index in [1.165, 1.54) is 16.9 Å². The van der Waals surface area contributed by atoms with Gasteiger partial charge in [0, 0.05) is 4.88 Å². The molecular formula is C19H22F3N3O2S. The summed E-state index contributed by atoms with van der Waals surface area (Å²) in [6.07, 6.45) is -4.54. The van der Waals surface area contributed by atoms with Crippen LogP contribution in [0.4, 0.5) is 18.0 Å². The van der Waals surface area contributed by atoms with Crippen LogP contribution in [0.1, 0.15) is 41.8 Å². The summed E-state index contributed by atoms with van der Waals surface area (Å²) >= 11 is 1.51.